The minimum atomic E-state index is 0.525. The number of rotatable bonds is 3. The van der Waals surface area contributed by atoms with E-state index >= 15 is 0 Å². The van der Waals surface area contributed by atoms with Gasteiger partial charge in [0.05, 0.1) is 0 Å². The summed E-state index contributed by atoms with van der Waals surface area (Å²) in [7, 11) is 0. The SMILES string of the molecule is CC1CC1C(Br)c1ccc(-c2ccccc2)cc1. The monoisotopic (exact) mass is 300 g/mol. The smallest absolute Gasteiger partial charge is 0.0426 e. The molecule has 3 rings (SSSR count). The maximum absolute atomic E-state index is 3.83. The molecule has 3 unspecified atom stereocenters. The minimum absolute atomic E-state index is 0.525. The molecule has 18 heavy (non-hydrogen) atoms. The summed E-state index contributed by atoms with van der Waals surface area (Å²) in [5.74, 6) is 1.70. The van der Waals surface area contributed by atoms with E-state index in [0.717, 1.165) is 11.8 Å². The third-order valence-electron chi connectivity index (χ3n) is 3.88. The molecule has 1 heteroatoms. The van der Waals surface area contributed by atoms with E-state index in [-0.39, 0.29) is 0 Å². The molecular formula is C17H17Br. The van der Waals surface area contributed by atoms with E-state index < -0.39 is 0 Å². The molecule has 0 nitrogen and oxygen atoms in total. The molecule has 0 amide bonds. The van der Waals surface area contributed by atoms with E-state index in [4.69, 9.17) is 0 Å². The molecule has 1 aliphatic rings. The van der Waals surface area contributed by atoms with E-state index in [1.165, 1.54) is 23.1 Å². The van der Waals surface area contributed by atoms with Crippen molar-refractivity contribution in [2.75, 3.05) is 0 Å². The van der Waals surface area contributed by atoms with Gasteiger partial charge in [0.25, 0.3) is 0 Å². The highest BCUT2D eigenvalue weighted by atomic mass is 79.9. The van der Waals surface area contributed by atoms with Crippen molar-refractivity contribution < 1.29 is 0 Å². The van der Waals surface area contributed by atoms with Crippen molar-refractivity contribution in [1.29, 1.82) is 0 Å². The lowest BCUT2D eigenvalue weighted by Gasteiger charge is -2.10. The zero-order valence-corrected chi connectivity index (χ0v) is 12.1. The lowest BCUT2D eigenvalue weighted by molar-refractivity contribution is 0.740. The summed E-state index contributed by atoms with van der Waals surface area (Å²) in [4.78, 5) is 0.525. The zero-order chi connectivity index (χ0) is 12.5. The maximum Gasteiger partial charge on any atom is 0.0426 e. The predicted molar refractivity (Wildman–Crippen MR) is 80.8 cm³/mol. The van der Waals surface area contributed by atoms with Crippen LogP contribution in [0, 0.1) is 11.8 Å². The Labute approximate surface area is 117 Å². The molecule has 2 aromatic rings. The highest BCUT2D eigenvalue weighted by Gasteiger charge is 2.38. The third-order valence-corrected chi connectivity index (χ3v) is 5.09. The Morgan fingerprint density at radius 3 is 2.06 bits per heavy atom. The topological polar surface area (TPSA) is 0 Å². The van der Waals surface area contributed by atoms with Crippen LogP contribution in [0.4, 0.5) is 0 Å². The van der Waals surface area contributed by atoms with E-state index in [9.17, 15) is 0 Å². The number of alkyl halides is 1. The maximum atomic E-state index is 3.83. The molecule has 0 aromatic heterocycles. The number of hydrogen-bond donors (Lipinski definition) is 0. The first-order chi connectivity index (χ1) is 8.75. The average Bonchev–Trinajstić information content (AvgIpc) is 3.16. The average molecular weight is 301 g/mol. The van der Waals surface area contributed by atoms with Gasteiger partial charge in [-0.25, -0.2) is 0 Å². The second-order valence-corrected chi connectivity index (χ2v) is 6.25. The Kier molecular flexibility index (Phi) is 3.25. The molecule has 0 N–H and O–H groups in total. The lowest BCUT2D eigenvalue weighted by Crippen LogP contribution is -1.93. The van der Waals surface area contributed by atoms with E-state index in [1.807, 2.05) is 0 Å². The van der Waals surface area contributed by atoms with Gasteiger partial charge in [-0.15, -0.1) is 0 Å². The summed E-state index contributed by atoms with van der Waals surface area (Å²) in [5.41, 5.74) is 3.99. The number of halogens is 1. The fraction of sp³-hybridized carbons (Fsp3) is 0.294. The summed E-state index contributed by atoms with van der Waals surface area (Å²) < 4.78 is 0. The fourth-order valence-electron chi connectivity index (χ4n) is 2.50. The van der Waals surface area contributed by atoms with Gasteiger partial charge in [-0.3, -0.25) is 0 Å². The fourth-order valence-corrected chi connectivity index (χ4v) is 3.54. The van der Waals surface area contributed by atoms with Crippen molar-refractivity contribution >= 4 is 15.9 Å². The summed E-state index contributed by atoms with van der Waals surface area (Å²) in [6.07, 6.45) is 1.36. The number of benzene rings is 2. The molecule has 92 valence electrons. The molecule has 0 spiro atoms. The number of hydrogen-bond acceptors (Lipinski definition) is 0. The summed E-state index contributed by atoms with van der Waals surface area (Å²) in [5, 5.41) is 0. The highest BCUT2D eigenvalue weighted by Crippen LogP contribution is 2.51. The van der Waals surface area contributed by atoms with Gasteiger partial charge in [0.2, 0.25) is 0 Å². The summed E-state index contributed by atoms with van der Waals surface area (Å²) in [6.45, 7) is 2.33. The second kappa shape index (κ2) is 4.89. The Balaban J connectivity index is 1.81. The van der Waals surface area contributed by atoms with E-state index in [0.29, 0.717) is 4.83 Å². The second-order valence-electron chi connectivity index (χ2n) is 5.27. The first-order valence-electron chi connectivity index (χ1n) is 6.55. The van der Waals surface area contributed by atoms with Gasteiger partial charge >= 0.3 is 0 Å². The molecule has 1 aliphatic carbocycles. The van der Waals surface area contributed by atoms with Gasteiger partial charge in [0, 0.05) is 4.83 Å². The molecule has 0 saturated heterocycles. The molecule has 1 fully saturated rings. The van der Waals surface area contributed by atoms with E-state index in [2.05, 4.69) is 77.5 Å². The van der Waals surface area contributed by atoms with Crippen molar-refractivity contribution in [3.8, 4) is 11.1 Å². The predicted octanol–water partition coefficient (Wildman–Crippen LogP) is 5.45. The molecule has 1 saturated carbocycles. The largest absolute Gasteiger partial charge is 0.0836 e. The normalized spacial score (nSPS) is 23.7. The van der Waals surface area contributed by atoms with Crippen LogP contribution < -0.4 is 0 Å². The Hall–Kier alpha value is -1.08. The highest BCUT2D eigenvalue weighted by molar-refractivity contribution is 9.09. The minimum Gasteiger partial charge on any atom is -0.0836 e. The van der Waals surface area contributed by atoms with Gasteiger partial charge in [-0.1, -0.05) is 77.5 Å². The van der Waals surface area contributed by atoms with Crippen LogP contribution in [0.2, 0.25) is 0 Å². The molecule has 0 radical (unpaired) electrons. The van der Waals surface area contributed by atoms with Crippen LogP contribution in [0.15, 0.2) is 54.6 Å². The van der Waals surface area contributed by atoms with Crippen LogP contribution in [-0.4, -0.2) is 0 Å². The van der Waals surface area contributed by atoms with Gasteiger partial charge in [0.1, 0.15) is 0 Å². The molecular weight excluding hydrogens is 284 g/mol. The van der Waals surface area contributed by atoms with Crippen molar-refractivity contribution in [3.63, 3.8) is 0 Å². The van der Waals surface area contributed by atoms with Crippen molar-refractivity contribution in [3.05, 3.63) is 60.2 Å². The Morgan fingerprint density at radius 2 is 1.50 bits per heavy atom. The quantitative estimate of drug-likeness (QED) is 0.662. The zero-order valence-electron chi connectivity index (χ0n) is 10.5. The van der Waals surface area contributed by atoms with Crippen molar-refractivity contribution in [1.82, 2.24) is 0 Å². The summed E-state index contributed by atoms with van der Waals surface area (Å²) >= 11 is 3.83. The molecule has 2 aromatic carbocycles. The Bertz CT molecular complexity index is 515. The molecule has 3 atom stereocenters. The van der Waals surface area contributed by atoms with Crippen LogP contribution in [0.3, 0.4) is 0 Å². The van der Waals surface area contributed by atoms with E-state index in [1.54, 1.807) is 0 Å². The molecule has 0 bridgehead atoms. The summed E-state index contributed by atoms with van der Waals surface area (Å²) in [6, 6.07) is 19.5. The van der Waals surface area contributed by atoms with Gasteiger partial charge in [-0.05, 0) is 34.9 Å². The van der Waals surface area contributed by atoms with Gasteiger partial charge in [0.15, 0.2) is 0 Å². The van der Waals surface area contributed by atoms with Crippen LogP contribution in [0.1, 0.15) is 23.7 Å². The Morgan fingerprint density at radius 1 is 0.944 bits per heavy atom. The first kappa shape index (κ1) is 12.0. The lowest BCUT2D eigenvalue weighted by atomic mass is 10.0. The van der Waals surface area contributed by atoms with Crippen molar-refractivity contribution in [2.24, 2.45) is 11.8 Å². The third kappa shape index (κ3) is 2.37. The van der Waals surface area contributed by atoms with Crippen LogP contribution in [0.25, 0.3) is 11.1 Å². The standard InChI is InChI=1S/C17H17Br/c1-12-11-16(12)17(18)15-9-7-14(8-10-15)13-5-3-2-4-6-13/h2-10,12,16-17H,11H2,1H3. The molecule has 0 heterocycles. The van der Waals surface area contributed by atoms with Crippen LogP contribution in [-0.2, 0) is 0 Å². The van der Waals surface area contributed by atoms with Gasteiger partial charge < -0.3 is 0 Å². The van der Waals surface area contributed by atoms with Crippen LogP contribution >= 0.6 is 15.9 Å². The van der Waals surface area contributed by atoms with Gasteiger partial charge in [-0.2, -0.15) is 0 Å². The van der Waals surface area contributed by atoms with Crippen molar-refractivity contribution in [2.45, 2.75) is 18.2 Å². The first-order valence-corrected chi connectivity index (χ1v) is 7.47. The molecule has 0 aliphatic heterocycles. The van der Waals surface area contributed by atoms with Crippen LogP contribution in [0.5, 0.6) is 0 Å².